The predicted octanol–water partition coefficient (Wildman–Crippen LogP) is 3.80. The summed E-state index contributed by atoms with van der Waals surface area (Å²) < 4.78 is 5.35. The standard InChI is InChI=1S/C17H34N2O2/c1-16(2,3)21-15(20)19(6)13-9-12-18-14-10-7-8-11-17(14,4)5/h14,18H,7-13H2,1-6H3. The lowest BCUT2D eigenvalue weighted by molar-refractivity contribution is 0.0296. The van der Waals surface area contributed by atoms with Crippen molar-refractivity contribution in [1.82, 2.24) is 10.2 Å². The van der Waals surface area contributed by atoms with E-state index < -0.39 is 5.60 Å². The van der Waals surface area contributed by atoms with Crippen molar-refractivity contribution < 1.29 is 9.53 Å². The van der Waals surface area contributed by atoms with Gasteiger partial charge in [0, 0.05) is 19.6 Å². The van der Waals surface area contributed by atoms with E-state index in [0.717, 1.165) is 19.5 Å². The third-order valence-corrected chi connectivity index (χ3v) is 4.27. The molecule has 1 aliphatic rings. The molecule has 0 spiro atoms. The predicted molar refractivity (Wildman–Crippen MR) is 87.5 cm³/mol. The Labute approximate surface area is 130 Å². The van der Waals surface area contributed by atoms with Crippen molar-refractivity contribution in [1.29, 1.82) is 0 Å². The van der Waals surface area contributed by atoms with Crippen molar-refractivity contribution in [3.8, 4) is 0 Å². The van der Waals surface area contributed by atoms with Gasteiger partial charge >= 0.3 is 6.09 Å². The summed E-state index contributed by atoms with van der Waals surface area (Å²) in [6, 6.07) is 0.609. The van der Waals surface area contributed by atoms with E-state index in [2.05, 4.69) is 19.2 Å². The normalized spacial score (nSPS) is 21.9. The van der Waals surface area contributed by atoms with Gasteiger partial charge in [-0.15, -0.1) is 0 Å². The minimum absolute atomic E-state index is 0.236. The molecule has 21 heavy (non-hydrogen) atoms. The molecule has 1 rings (SSSR count). The van der Waals surface area contributed by atoms with Gasteiger partial charge in [0.05, 0.1) is 0 Å². The van der Waals surface area contributed by atoms with Crippen LogP contribution in [0.1, 0.15) is 66.7 Å². The molecule has 0 bridgehead atoms. The number of amides is 1. The molecule has 4 nitrogen and oxygen atoms in total. The topological polar surface area (TPSA) is 41.6 Å². The first-order chi connectivity index (χ1) is 9.62. The number of carbonyl (C=O) groups is 1. The fraction of sp³-hybridized carbons (Fsp3) is 0.941. The van der Waals surface area contributed by atoms with Crippen LogP contribution >= 0.6 is 0 Å². The largest absolute Gasteiger partial charge is 0.444 e. The molecule has 1 atom stereocenters. The zero-order chi connectivity index (χ0) is 16.1. The van der Waals surface area contributed by atoms with Crippen LogP contribution < -0.4 is 5.32 Å². The fourth-order valence-corrected chi connectivity index (χ4v) is 2.90. The van der Waals surface area contributed by atoms with Crippen LogP contribution in [0.15, 0.2) is 0 Å². The summed E-state index contributed by atoms with van der Waals surface area (Å²) in [5.41, 5.74) is -0.0228. The average Bonchev–Trinajstić information content (AvgIpc) is 2.33. The summed E-state index contributed by atoms with van der Waals surface area (Å²) >= 11 is 0. The molecule has 0 saturated heterocycles. The van der Waals surface area contributed by atoms with Crippen LogP contribution in [0.4, 0.5) is 4.79 Å². The molecule has 4 heteroatoms. The maximum absolute atomic E-state index is 11.8. The maximum Gasteiger partial charge on any atom is 0.410 e. The molecule has 0 aromatic rings. The third kappa shape index (κ3) is 6.68. The van der Waals surface area contributed by atoms with Crippen LogP contribution in [0, 0.1) is 5.41 Å². The van der Waals surface area contributed by atoms with E-state index >= 15 is 0 Å². The first kappa shape index (κ1) is 18.3. The molecule has 1 fully saturated rings. The van der Waals surface area contributed by atoms with Crippen LogP contribution in [-0.2, 0) is 4.74 Å². The van der Waals surface area contributed by atoms with Gasteiger partial charge in [0.2, 0.25) is 0 Å². The first-order valence-corrected chi connectivity index (χ1v) is 8.29. The zero-order valence-electron chi connectivity index (χ0n) is 14.8. The Morgan fingerprint density at radius 3 is 2.57 bits per heavy atom. The zero-order valence-corrected chi connectivity index (χ0v) is 14.8. The molecule has 1 amide bonds. The Kier molecular flexibility index (Phi) is 6.51. The molecular formula is C17H34N2O2. The van der Waals surface area contributed by atoms with E-state index in [0.29, 0.717) is 11.5 Å². The van der Waals surface area contributed by atoms with Gasteiger partial charge in [0.15, 0.2) is 0 Å². The Hall–Kier alpha value is -0.770. The number of hydrogen-bond donors (Lipinski definition) is 1. The number of rotatable bonds is 5. The van der Waals surface area contributed by atoms with E-state index in [1.807, 2.05) is 20.8 Å². The lowest BCUT2D eigenvalue weighted by Crippen LogP contribution is -2.45. The van der Waals surface area contributed by atoms with Crippen molar-refractivity contribution in [3.63, 3.8) is 0 Å². The van der Waals surface area contributed by atoms with Gasteiger partial charge in [0.1, 0.15) is 5.60 Å². The molecule has 1 aliphatic carbocycles. The SMILES string of the molecule is CN(CCCNC1CCCCC1(C)C)C(=O)OC(C)(C)C. The molecule has 0 aromatic carbocycles. The van der Waals surface area contributed by atoms with Gasteiger partial charge in [-0.25, -0.2) is 4.79 Å². The molecule has 0 radical (unpaired) electrons. The molecule has 0 aromatic heterocycles. The van der Waals surface area contributed by atoms with Crippen molar-refractivity contribution in [3.05, 3.63) is 0 Å². The summed E-state index contributed by atoms with van der Waals surface area (Å²) in [5, 5.41) is 3.68. The van der Waals surface area contributed by atoms with E-state index in [9.17, 15) is 4.79 Å². The minimum atomic E-state index is -0.421. The van der Waals surface area contributed by atoms with Gasteiger partial charge in [-0.1, -0.05) is 26.7 Å². The summed E-state index contributed by atoms with van der Waals surface area (Å²) in [5.74, 6) is 0. The van der Waals surface area contributed by atoms with Crippen LogP contribution in [0.25, 0.3) is 0 Å². The number of nitrogens with one attached hydrogen (secondary N) is 1. The number of hydrogen-bond acceptors (Lipinski definition) is 3. The van der Waals surface area contributed by atoms with Gasteiger partial charge in [-0.3, -0.25) is 0 Å². The van der Waals surface area contributed by atoms with Crippen molar-refractivity contribution in [2.45, 2.75) is 78.4 Å². The van der Waals surface area contributed by atoms with Gasteiger partial charge in [0.25, 0.3) is 0 Å². The summed E-state index contributed by atoms with van der Waals surface area (Å²) in [6.07, 6.45) is 5.99. The molecule has 1 N–H and O–H groups in total. The van der Waals surface area contributed by atoms with Crippen LogP contribution in [-0.4, -0.2) is 42.8 Å². The summed E-state index contributed by atoms with van der Waals surface area (Å²) in [7, 11) is 1.80. The average molecular weight is 298 g/mol. The smallest absolute Gasteiger partial charge is 0.410 e. The maximum atomic E-state index is 11.8. The quantitative estimate of drug-likeness (QED) is 0.785. The summed E-state index contributed by atoms with van der Waals surface area (Å²) in [4.78, 5) is 13.5. The van der Waals surface area contributed by atoms with Crippen molar-refractivity contribution in [2.24, 2.45) is 5.41 Å². The first-order valence-electron chi connectivity index (χ1n) is 8.29. The van der Waals surface area contributed by atoms with Crippen LogP contribution in [0.3, 0.4) is 0 Å². The van der Waals surface area contributed by atoms with Gasteiger partial charge in [-0.2, -0.15) is 0 Å². The highest BCUT2D eigenvalue weighted by Crippen LogP contribution is 2.35. The monoisotopic (exact) mass is 298 g/mol. The number of ether oxygens (including phenoxy) is 1. The molecule has 1 unspecified atom stereocenters. The second-order valence-electron chi connectivity index (χ2n) is 8.00. The lowest BCUT2D eigenvalue weighted by atomic mass is 9.73. The molecule has 1 saturated carbocycles. The Balaban J connectivity index is 2.23. The molecule has 0 heterocycles. The van der Waals surface area contributed by atoms with Crippen molar-refractivity contribution >= 4 is 6.09 Å². The minimum Gasteiger partial charge on any atom is -0.444 e. The number of nitrogens with zero attached hydrogens (tertiary/aromatic N) is 1. The molecule has 124 valence electrons. The lowest BCUT2D eigenvalue weighted by Gasteiger charge is -2.39. The fourth-order valence-electron chi connectivity index (χ4n) is 2.90. The highest BCUT2D eigenvalue weighted by molar-refractivity contribution is 5.67. The third-order valence-electron chi connectivity index (χ3n) is 4.27. The van der Waals surface area contributed by atoms with Gasteiger partial charge in [-0.05, 0) is 52.0 Å². The van der Waals surface area contributed by atoms with Crippen LogP contribution in [0.5, 0.6) is 0 Å². The molecule has 0 aliphatic heterocycles. The highest BCUT2D eigenvalue weighted by atomic mass is 16.6. The summed E-state index contributed by atoms with van der Waals surface area (Å²) in [6.45, 7) is 12.1. The van der Waals surface area contributed by atoms with E-state index in [-0.39, 0.29) is 6.09 Å². The van der Waals surface area contributed by atoms with Crippen molar-refractivity contribution in [2.75, 3.05) is 20.1 Å². The molecular weight excluding hydrogens is 264 g/mol. The Morgan fingerprint density at radius 1 is 1.33 bits per heavy atom. The number of carbonyl (C=O) groups excluding carboxylic acids is 1. The van der Waals surface area contributed by atoms with Crippen LogP contribution in [0.2, 0.25) is 0 Å². The van der Waals surface area contributed by atoms with E-state index in [1.165, 1.54) is 25.7 Å². The van der Waals surface area contributed by atoms with E-state index in [4.69, 9.17) is 4.74 Å². The Morgan fingerprint density at radius 2 is 2.00 bits per heavy atom. The second kappa shape index (κ2) is 7.48. The second-order valence-corrected chi connectivity index (χ2v) is 8.00. The van der Waals surface area contributed by atoms with E-state index in [1.54, 1.807) is 11.9 Å². The highest BCUT2D eigenvalue weighted by Gasteiger charge is 2.31. The Bertz CT molecular complexity index is 334. The van der Waals surface area contributed by atoms with Gasteiger partial charge < -0.3 is 15.0 Å².